The Labute approximate surface area is 142 Å². The first-order valence-electron chi connectivity index (χ1n) is 8.49. The normalized spacial score (nSPS) is 15.2. The second-order valence-electron chi connectivity index (χ2n) is 6.40. The summed E-state index contributed by atoms with van der Waals surface area (Å²) >= 11 is 0. The number of aromatic nitrogens is 2. The minimum atomic E-state index is -0.0273. The van der Waals surface area contributed by atoms with Crippen LogP contribution in [0, 0.1) is 0 Å². The van der Waals surface area contributed by atoms with Crippen LogP contribution in [-0.4, -0.2) is 40.6 Å². The van der Waals surface area contributed by atoms with Crippen LogP contribution in [0.5, 0.6) is 0 Å². The van der Waals surface area contributed by atoms with E-state index in [0.29, 0.717) is 11.7 Å². The van der Waals surface area contributed by atoms with E-state index in [4.69, 9.17) is 5.73 Å². The molecule has 6 nitrogen and oxygen atoms in total. The molecule has 0 atom stereocenters. The number of anilines is 2. The Morgan fingerprint density at radius 1 is 1.33 bits per heavy atom. The smallest absolute Gasteiger partial charge is 0.329 e. The molecule has 6 heteroatoms. The quantitative estimate of drug-likeness (QED) is 0.847. The van der Waals surface area contributed by atoms with Gasteiger partial charge in [0.1, 0.15) is 6.33 Å². The lowest BCUT2D eigenvalue weighted by Gasteiger charge is -2.31. The molecule has 0 saturated heterocycles. The number of benzene rings is 1. The molecule has 24 heavy (non-hydrogen) atoms. The molecule has 1 aromatic heterocycles. The van der Waals surface area contributed by atoms with Crippen LogP contribution in [-0.2, 0) is 0 Å². The van der Waals surface area contributed by atoms with Gasteiger partial charge in [0.05, 0.1) is 17.1 Å². The Balaban J connectivity index is 1.77. The largest absolute Gasteiger partial charge is 0.397 e. The fraction of sp³-hybridized carbons (Fsp3) is 0.444. The van der Waals surface area contributed by atoms with Gasteiger partial charge in [-0.2, -0.15) is 0 Å². The Kier molecular flexibility index (Phi) is 4.74. The van der Waals surface area contributed by atoms with Crippen molar-refractivity contribution >= 4 is 17.4 Å². The van der Waals surface area contributed by atoms with Gasteiger partial charge in [-0.3, -0.25) is 4.57 Å². The topological polar surface area (TPSA) is 76.2 Å². The van der Waals surface area contributed by atoms with Crippen molar-refractivity contribution < 1.29 is 4.79 Å². The molecule has 3 N–H and O–H groups in total. The number of carbonyl (C=O) groups is 1. The Bertz CT molecular complexity index is 718. The highest BCUT2D eigenvalue weighted by molar-refractivity contribution is 5.79. The van der Waals surface area contributed by atoms with Gasteiger partial charge >= 0.3 is 6.03 Å². The SMILES string of the molecule is CNc1ccc(-c2cn(C(=O)N(C)C3CCCCC3)cn2)cc1N. The number of amides is 1. The summed E-state index contributed by atoms with van der Waals surface area (Å²) in [5, 5.41) is 3.04. The Hall–Kier alpha value is -2.50. The predicted molar refractivity (Wildman–Crippen MR) is 97.1 cm³/mol. The van der Waals surface area contributed by atoms with E-state index in [9.17, 15) is 4.79 Å². The van der Waals surface area contributed by atoms with Gasteiger partial charge in [0.25, 0.3) is 0 Å². The van der Waals surface area contributed by atoms with Gasteiger partial charge in [0, 0.05) is 31.9 Å². The van der Waals surface area contributed by atoms with E-state index in [1.54, 1.807) is 17.1 Å². The van der Waals surface area contributed by atoms with Crippen molar-refractivity contribution in [3.63, 3.8) is 0 Å². The molecular weight excluding hydrogens is 302 g/mol. The number of imidazole rings is 1. The summed E-state index contributed by atoms with van der Waals surface area (Å²) in [5.41, 5.74) is 9.20. The monoisotopic (exact) mass is 327 g/mol. The molecule has 0 bridgehead atoms. The van der Waals surface area contributed by atoms with E-state index in [-0.39, 0.29) is 6.03 Å². The van der Waals surface area contributed by atoms with Crippen LogP contribution >= 0.6 is 0 Å². The highest BCUT2D eigenvalue weighted by atomic mass is 16.2. The molecule has 1 aromatic carbocycles. The van der Waals surface area contributed by atoms with Crippen molar-refractivity contribution in [2.75, 3.05) is 25.1 Å². The molecule has 1 fully saturated rings. The maximum Gasteiger partial charge on any atom is 0.329 e. The summed E-state index contributed by atoms with van der Waals surface area (Å²) in [6.07, 6.45) is 9.22. The van der Waals surface area contributed by atoms with E-state index in [1.165, 1.54) is 19.3 Å². The molecule has 1 amide bonds. The third-order valence-corrected chi connectivity index (χ3v) is 4.84. The lowest BCUT2D eigenvalue weighted by atomic mass is 9.95. The number of nitrogens with two attached hydrogens (primary N) is 1. The minimum Gasteiger partial charge on any atom is -0.397 e. The molecule has 1 aliphatic rings. The molecular formula is C18H25N5O. The number of nitrogen functional groups attached to an aromatic ring is 1. The average Bonchev–Trinajstić information content (AvgIpc) is 3.11. The van der Waals surface area contributed by atoms with Gasteiger partial charge < -0.3 is 16.0 Å². The van der Waals surface area contributed by atoms with E-state index in [1.807, 2.05) is 37.2 Å². The zero-order valence-electron chi connectivity index (χ0n) is 14.3. The van der Waals surface area contributed by atoms with Crippen LogP contribution in [0.15, 0.2) is 30.7 Å². The number of nitrogens with zero attached hydrogens (tertiary/aromatic N) is 3. The van der Waals surface area contributed by atoms with Gasteiger partial charge in [-0.05, 0) is 25.0 Å². The second-order valence-corrected chi connectivity index (χ2v) is 6.40. The molecule has 128 valence electrons. The van der Waals surface area contributed by atoms with Gasteiger partial charge in [-0.1, -0.05) is 25.3 Å². The molecule has 0 aliphatic heterocycles. The number of nitrogens with one attached hydrogen (secondary N) is 1. The fourth-order valence-corrected chi connectivity index (χ4v) is 3.33. The van der Waals surface area contributed by atoms with E-state index in [0.717, 1.165) is 29.8 Å². The van der Waals surface area contributed by atoms with Crippen LogP contribution in [0.1, 0.15) is 32.1 Å². The molecule has 1 aliphatic carbocycles. The highest BCUT2D eigenvalue weighted by Gasteiger charge is 2.23. The Morgan fingerprint density at radius 3 is 2.75 bits per heavy atom. The zero-order valence-corrected chi connectivity index (χ0v) is 14.3. The molecule has 1 saturated carbocycles. The third kappa shape index (κ3) is 3.22. The summed E-state index contributed by atoms with van der Waals surface area (Å²) in [7, 11) is 3.72. The van der Waals surface area contributed by atoms with Crippen LogP contribution in [0.3, 0.4) is 0 Å². The third-order valence-electron chi connectivity index (χ3n) is 4.84. The standard InChI is InChI=1S/C18H25N5O/c1-20-16-9-8-13(10-15(16)19)17-11-23(12-21-17)18(24)22(2)14-6-4-3-5-7-14/h8-12,14,20H,3-7,19H2,1-2H3. The van der Waals surface area contributed by atoms with Gasteiger partial charge in [-0.15, -0.1) is 0 Å². The van der Waals surface area contributed by atoms with Crippen molar-refractivity contribution in [2.45, 2.75) is 38.1 Å². The summed E-state index contributed by atoms with van der Waals surface area (Å²) in [5.74, 6) is 0. The molecule has 3 rings (SSSR count). The van der Waals surface area contributed by atoms with Crippen molar-refractivity contribution in [1.29, 1.82) is 0 Å². The number of carbonyl (C=O) groups excluding carboxylic acids is 1. The van der Waals surface area contributed by atoms with Crippen molar-refractivity contribution in [1.82, 2.24) is 14.5 Å². The van der Waals surface area contributed by atoms with Crippen LogP contribution in [0.2, 0.25) is 0 Å². The maximum absolute atomic E-state index is 12.7. The summed E-state index contributed by atoms with van der Waals surface area (Å²) in [6, 6.07) is 6.04. The molecule has 0 unspecified atom stereocenters. The van der Waals surface area contributed by atoms with E-state index < -0.39 is 0 Å². The van der Waals surface area contributed by atoms with Crippen LogP contribution in [0.4, 0.5) is 16.2 Å². The predicted octanol–water partition coefficient (Wildman–Crippen LogP) is 3.41. The first kappa shape index (κ1) is 16.4. The first-order valence-corrected chi connectivity index (χ1v) is 8.49. The molecule has 0 spiro atoms. The van der Waals surface area contributed by atoms with Gasteiger partial charge in [-0.25, -0.2) is 9.78 Å². The zero-order chi connectivity index (χ0) is 17.1. The minimum absolute atomic E-state index is 0.0273. The molecule has 1 heterocycles. The van der Waals surface area contributed by atoms with E-state index in [2.05, 4.69) is 10.3 Å². The van der Waals surface area contributed by atoms with Gasteiger partial charge in [0.15, 0.2) is 0 Å². The maximum atomic E-state index is 12.7. The summed E-state index contributed by atoms with van der Waals surface area (Å²) < 4.78 is 1.56. The molecule has 0 radical (unpaired) electrons. The van der Waals surface area contributed by atoms with Gasteiger partial charge in [0.2, 0.25) is 0 Å². The lowest BCUT2D eigenvalue weighted by molar-refractivity contribution is 0.175. The molecule has 2 aromatic rings. The first-order chi connectivity index (χ1) is 11.6. The number of hydrogen-bond acceptors (Lipinski definition) is 4. The number of hydrogen-bond donors (Lipinski definition) is 2. The summed E-state index contributed by atoms with van der Waals surface area (Å²) in [6.45, 7) is 0. The highest BCUT2D eigenvalue weighted by Crippen LogP contribution is 2.26. The second kappa shape index (κ2) is 6.95. The van der Waals surface area contributed by atoms with Crippen molar-refractivity contribution in [2.24, 2.45) is 0 Å². The average molecular weight is 327 g/mol. The van der Waals surface area contributed by atoms with Crippen molar-refractivity contribution in [3.05, 3.63) is 30.7 Å². The fourth-order valence-electron chi connectivity index (χ4n) is 3.33. The van der Waals surface area contributed by atoms with Crippen LogP contribution < -0.4 is 11.1 Å². The summed E-state index contributed by atoms with van der Waals surface area (Å²) in [4.78, 5) is 18.9. The lowest BCUT2D eigenvalue weighted by Crippen LogP contribution is -2.40. The Morgan fingerprint density at radius 2 is 2.08 bits per heavy atom. The number of rotatable bonds is 3. The van der Waals surface area contributed by atoms with Crippen LogP contribution in [0.25, 0.3) is 11.3 Å². The van der Waals surface area contributed by atoms with Crippen molar-refractivity contribution in [3.8, 4) is 11.3 Å². The van der Waals surface area contributed by atoms with E-state index >= 15 is 0 Å².